The lowest BCUT2D eigenvalue weighted by Crippen LogP contribution is -2.38. The molecule has 1 aromatic heterocycles. The molecule has 0 radical (unpaired) electrons. The van der Waals surface area contributed by atoms with Crippen molar-refractivity contribution in [2.45, 2.75) is 6.61 Å². The molecular weight excluding hydrogens is 372 g/mol. The van der Waals surface area contributed by atoms with Gasteiger partial charge in [0, 0.05) is 50.8 Å². The van der Waals surface area contributed by atoms with E-state index < -0.39 is 0 Å². The highest BCUT2D eigenvalue weighted by Gasteiger charge is 2.52. The smallest absolute Gasteiger partial charge is 0.274 e. The summed E-state index contributed by atoms with van der Waals surface area (Å²) in [7, 11) is 3.43. The molecule has 2 aliphatic rings. The first-order valence-electron chi connectivity index (χ1n) is 9.76. The average Bonchev–Trinajstić information content (AvgIpc) is 3.26. The van der Waals surface area contributed by atoms with E-state index in [1.807, 2.05) is 30.3 Å². The van der Waals surface area contributed by atoms with Crippen LogP contribution in [0.2, 0.25) is 0 Å². The van der Waals surface area contributed by atoms with Crippen LogP contribution in [0.4, 0.5) is 0 Å². The van der Waals surface area contributed by atoms with E-state index in [0.29, 0.717) is 32.9 Å². The molecule has 2 aliphatic heterocycles. The predicted octanol–water partition coefficient (Wildman–Crippen LogP) is 1.70. The standard InChI is InChI=1S/C22H26N2O5/c1-23-9-8-18(25)20(29-11-16-6-4-3-5-7-16)19(23)21(26)24-10-17-12-28-15-22(17,13-24)14-27-2/h3-9,17H,10-15H2,1-2H3/t17-,22-/m0/s1. The van der Waals surface area contributed by atoms with Crippen LogP contribution in [0.25, 0.3) is 0 Å². The van der Waals surface area contributed by atoms with Crippen LogP contribution in [-0.2, 0) is 23.1 Å². The summed E-state index contributed by atoms with van der Waals surface area (Å²) in [6.07, 6.45) is 1.61. The zero-order valence-corrected chi connectivity index (χ0v) is 16.8. The minimum atomic E-state index is -0.295. The fourth-order valence-corrected chi connectivity index (χ4v) is 4.35. The molecule has 3 heterocycles. The maximum Gasteiger partial charge on any atom is 0.274 e. The first-order valence-corrected chi connectivity index (χ1v) is 9.76. The second kappa shape index (κ2) is 8.00. The van der Waals surface area contributed by atoms with E-state index in [-0.39, 0.29) is 40.7 Å². The third-order valence-corrected chi connectivity index (χ3v) is 5.91. The van der Waals surface area contributed by atoms with Crippen molar-refractivity contribution in [3.8, 4) is 5.75 Å². The van der Waals surface area contributed by atoms with Gasteiger partial charge in [0.25, 0.3) is 5.91 Å². The number of pyridine rings is 1. The summed E-state index contributed by atoms with van der Waals surface area (Å²) in [6, 6.07) is 11.0. The maximum absolute atomic E-state index is 13.4. The molecule has 4 rings (SSSR count). The van der Waals surface area contributed by atoms with Crippen molar-refractivity contribution in [2.24, 2.45) is 18.4 Å². The Bertz CT molecular complexity index is 942. The lowest BCUT2D eigenvalue weighted by atomic mass is 9.82. The molecule has 7 heteroatoms. The molecule has 0 spiro atoms. The molecule has 154 valence electrons. The Labute approximate surface area is 169 Å². The van der Waals surface area contributed by atoms with E-state index in [2.05, 4.69) is 0 Å². The molecule has 0 saturated carbocycles. The van der Waals surface area contributed by atoms with Gasteiger partial charge in [0.05, 0.1) is 19.8 Å². The third kappa shape index (κ3) is 3.68. The molecule has 1 amide bonds. The number of ether oxygens (including phenoxy) is 3. The van der Waals surface area contributed by atoms with Gasteiger partial charge in [-0.05, 0) is 5.56 Å². The number of aromatic nitrogens is 1. The Morgan fingerprint density at radius 1 is 1.28 bits per heavy atom. The van der Waals surface area contributed by atoms with Gasteiger partial charge in [0.15, 0.2) is 11.4 Å². The summed E-state index contributed by atoms with van der Waals surface area (Å²) in [5.74, 6) is 0.136. The van der Waals surface area contributed by atoms with Gasteiger partial charge in [0.2, 0.25) is 5.43 Å². The van der Waals surface area contributed by atoms with Crippen LogP contribution >= 0.6 is 0 Å². The molecule has 1 aromatic carbocycles. The van der Waals surface area contributed by atoms with E-state index >= 15 is 0 Å². The number of methoxy groups -OCH3 is 1. The van der Waals surface area contributed by atoms with Crippen molar-refractivity contribution in [1.82, 2.24) is 9.47 Å². The minimum absolute atomic E-state index is 0.0953. The summed E-state index contributed by atoms with van der Waals surface area (Å²) in [5.41, 5.74) is 0.741. The van der Waals surface area contributed by atoms with Crippen LogP contribution in [-0.4, -0.2) is 55.4 Å². The molecule has 0 aliphatic carbocycles. The molecule has 7 nitrogen and oxygen atoms in total. The van der Waals surface area contributed by atoms with Crippen molar-refractivity contribution in [3.05, 3.63) is 64.1 Å². The number of amides is 1. The van der Waals surface area contributed by atoms with Crippen molar-refractivity contribution in [2.75, 3.05) is 40.0 Å². The molecule has 0 bridgehead atoms. The number of hydrogen-bond donors (Lipinski definition) is 0. The van der Waals surface area contributed by atoms with Crippen LogP contribution in [0.5, 0.6) is 5.75 Å². The van der Waals surface area contributed by atoms with E-state index in [0.717, 1.165) is 5.56 Å². The van der Waals surface area contributed by atoms with Gasteiger partial charge in [-0.15, -0.1) is 0 Å². The first-order chi connectivity index (χ1) is 14.0. The summed E-state index contributed by atoms with van der Waals surface area (Å²) in [5, 5.41) is 0. The normalized spacial score (nSPS) is 23.2. The fraction of sp³-hybridized carbons (Fsp3) is 0.455. The van der Waals surface area contributed by atoms with E-state index in [1.165, 1.54) is 6.07 Å². The first kappa shape index (κ1) is 19.7. The highest BCUT2D eigenvalue weighted by Crippen LogP contribution is 2.42. The van der Waals surface area contributed by atoms with Crippen LogP contribution in [0, 0.1) is 11.3 Å². The second-order valence-electron chi connectivity index (χ2n) is 7.94. The maximum atomic E-state index is 13.4. The fourth-order valence-electron chi connectivity index (χ4n) is 4.35. The van der Waals surface area contributed by atoms with E-state index in [4.69, 9.17) is 14.2 Å². The highest BCUT2D eigenvalue weighted by molar-refractivity contribution is 5.95. The number of likely N-dealkylation sites (tertiary alicyclic amines) is 1. The molecule has 29 heavy (non-hydrogen) atoms. The van der Waals surface area contributed by atoms with E-state index in [1.54, 1.807) is 29.8 Å². The third-order valence-electron chi connectivity index (χ3n) is 5.91. The van der Waals surface area contributed by atoms with Gasteiger partial charge in [-0.1, -0.05) is 30.3 Å². The predicted molar refractivity (Wildman–Crippen MR) is 107 cm³/mol. The topological polar surface area (TPSA) is 70.0 Å². The number of carbonyl (C=O) groups is 1. The minimum Gasteiger partial charge on any atom is -0.483 e. The SMILES string of the molecule is COC[C@@]12COC[C@@H]1CN(C(=O)c1c(OCc3ccccc3)c(=O)ccn1C)C2. The Hall–Kier alpha value is -2.64. The van der Waals surface area contributed by atoms with E-state index in [9.17, 15) is 9.59 Å². The Morgan fingerprint density at radius 3 is 2.83 bits per heavy atom. The zero-order valence-electron chi connectivity index (χ0n) is 16.8. The lowest BCUT2D eigenvalue weighted by Gasteiger charge is -2.26. The number of nitrogens with zero attached hydrogens (tertiary/aromatic N) is 2. The molecule has 2 fully saturated rings. The van der Waals surface area contributed by atoms with Crippen molar-refractivity contribution >= 4 is 5.91 Å². The molecule has 0 unspecified atom stereocenters. The zero-order chi connectivity index (χ0) is 20.4. The number of benzene rings is 1. The summed E-state index contributed by atoms with van der Waals surface area (Å²) in [4.78, 5) is 27.8. The van der Waals surface area contributed by atoms with Gasteiger partial charge in [-0.2, -0.15) is 0 Å². The highest BCUT2D eigenvalue weighted by atomic mass is 16.5. The van der Waals surface area contributed by atoms with Gasteiger partial charge in [-0.3, -0.25) is 9.59 Å². The van der Waals surface area contributed by atoms with Crippen molar-refractivity contribution in [1.29, 1.82) is 0 Å². The molecule has 2 saturated heterocycles. The van der Waals surface area contributed by atoms with Gasteiger partial charge in [0.1, 0.15) is 6.61 Å². The van der Waals surface area contributed by atoms with Gasteiger partial charge >= 0.3 is 0 Å². The Morgan fingerprint density at radius 2 is 2.07 bits per heavy atom. The van der Waals surface area contributed by atoms with Crippen LogP contribution < -0.4 is 10.2 Å². The van der Waals surface area contributed by atoms with Crippen molar-refractivity contribution in [3.63, 3.8) is 0 Å². The summed E-state index contributed by atoms with van der Waals surface area (Å²) < 4.78 is 18.6. The van der Waals surface area contributed by atoms with Gasteiger partial charge < -0.3 is 23.7 Å². The number of carbonyl (C=O) groups excluding carboxylic acids is 1. The Kier molecular flexibility index (Phi) is 5.43. The van der Waals surface area contributed by atoms with Gasteiger partial charge in [-0.25, -0.2) is 0 Å². The molecule has 2 atom stereocenters. The number of rotatable bonds is 6. The molecule has 0 N–H and O–H groups in total. The molecule has 2 aromatic rings. The second-order valence-corrected chi connectivity index (χ2v) is 7.94. The van der Waals surface area contributed by atoms with Crippen LogP contribution in [0.15, 0.2) is 47.4 Å². The lowest BCUT2D eigenvalue weighted by molar-refractivity contribution is 0.0483. The van der Waals surface area contributed by atoms with Crippen LogP contribution in [0.1, 0.15) is 16.1 Å². The molecular formula is C22H26N2O5. The monoisotopic (exact) mass is 398 g/mol. The number of fused-ring (bicyclic) bond motifs is 1. The Balaban J connectivity index is 1.60. The average molecular weight is 398 g/mol. The summed E-state index contributed by atoms with van der Waals surface area (Å²) in [6.45, 7) is 3.12. The summed E-state index contributed by atoms with van der Waals surface area (Å²) >= 11 is 0. The quantitative estimate of drug-likeness (QED) is 0.741. The van der Waals surface area contributed by atoms with Crippen LogP contribution in [0.3, 0.4) is 0 Å². The largest absolute Gasteiger partial charge is 0.483 e. The number of hydrogen-bond acceptors (Lipinski definition) is 5. The number of aryl methyl sites for hydroxylation is 1. The van der Waals surface area contributed by atoms with Crippen molar-refractivity contribution < 1.29 is 19.0 Å².